The molecule has 7 nitrogen and oxygen atoms in total. The van der Waals surface area contributed by atoms with Crippen LogP contribution in [0.5, 0.6) is 0 Å². The van der Waals surface area contributed by atoms with Gasteiger partial charge in [0.25, 0.3) is 5.91 Å². The van der Waals surface area contributed by atoms with Gasteiger partial charge >= 0.3 is 0 Å². The van der Waals surface area contributed by atoms with Crippen molar-refractivity contribution in [2.75, 3.05) is 23.4 Å². The molecule has 17 heavy (non-hydrogen) atoms. The number of nitrogens with one attached hydrogen (secondary N) is 2. The third-order valence-electron chi connectivity index (χ3n) is 2.04. The fourth-order valence-corrected chi connectivity index (χ4v) is 2.01. The van der Waals surface area contributed by atoms with Crippen molar-refractivity contribution in [3.8, 4) is 0 Å². The number of hydrogen-bond acceptors (Lipinski definition) is 6. The van der Waals surface area contributed by atoms with E-state index >= 15 is 0 Å². The number of carbonyl (C=O) groups excluding carboxylic acids is 1. The van der Waals surface area contributed by atoms with Crippen molar-refractivity contribution < 1.29 is 4.79 Å². The quantitative estimate of drug-likeness (QED) is 0.749. The van der Waals surface area contributed by atoms with Gasteiger partial charge in [0.2, 0.25) is 0 Å². The first-order valence-corrected chi connectivity index (χ1v) is 5.66. The summed E-state index contributed by atoms with van der Waals surface area (Å²) in [4.78, 5) is 16.3. The Kier molecular flexibility index (Phi) is 2.96. The summed E-state index contributed by atoms with van der Waals surface area (Å²) in [5.41, 5.74) is 6.28. The molecule has 1 amide bonds. The monoisotopic (exact) mass is 252 g/mol. The van der Waals surface area contributed by atoms with Gasteiger partial charge in [0, 0.05) is 20.3 Å². The van der Waals surface area contributed by atoms with E-state index in [9.17, 15) is 4.79 Å². The van der Waals surface area contributed by atoms with Crippen LogP contribution in [-0.2, 0) is 7.05 Å². The molecular weight excluding hydrogens is 240 g/mol. The zero-order chi connectivity index (χ0) is 12.4. The molecule has 2 rings (SSSR count). The van der Waals surface area contributed by atoms with Gasteiger partial charge in [-0.15, -0.1) is 0 Å². The van der Waals surface area contributed by atoms with Crippen molar-refractivity contribution in [1.82, 2.24) is 14.8 Å². The summed E-state index contributed by atoms with van der Waals surface area (Å²) in [5.74, 6) is -0.0600. The highest BCUT2D eigenvalue weighted by Gasteiger charge is 2.16. The molecule has 0 spiro atoms. The average molecular weight is 252 g/mol. The summed E-state index contributed by atoms with van der Waals surface area (Å²) < 4.78 is 1.60. The van der Waals surface area contributed by atoms with E-state index in [1.807, 2.05) is 0 Å². The molecule has 0 aliphatic carbocycles. The second-order valence-corrected chi connectivity index (χ2v) is 4.34. The number of nitrogens with zero attached hydrogens (tertiary/aromatic N) is 3. The maximum absolute atomic E-state index is 11.9. The molecule has 2 aromatic heterocycles. The number of amides is 1. The molecule has 0 bridgehead atoms. The van der Waals surface area contributed by atoms with Crippen LogP contribution < -0.4 is 16.4 Å². The Labute approximate surface area is 102 Å². The Morgan fingerprint density at radius 2 is 2.35 bits per heavy atom. The standard InChI is InChI=1S/C9H12N6OS/c1-11-9-14-7(10)6(17-9)8(16)13-5-3-12-15(2)4-5/h3-4H,10H2,1-2H3,(H,11,14)(H,13,16). The van der Waals surface area contributed by atoms with E-state index in [-0.39, 0.29) is 11.7 Å². The Morgan fingerprint density at radius 3 is 2.88 bits per heavy atom. The van der Waals surface area contributed by atoms with Crippen LogP contribution in [-0.4, -0.2) is 27.7 Å². The maximum Gasteiger partial charge on any atom is 0.269 e. The van der Waals surface area contributed by atoms with Crippen LogP contribution in [0.3, 0.4) is 0 Å². The van der Waals surface area contributed by atoms with E-state index in [1.54, 1.807) is 31.2 Å². The number of nitrogen functional groups attached to an aromatic ring is 1. The molecule has 0 radical (unpaired) electrons. The predicted octanol–water partition coefficient (Wildman–Crippen LogP) is 0.753. The van der Waals surface area contributed by atoms with Crippen molar-refractivity contribution in [3.63, 3.8) is 0 Å². The van der Waals surface area contributed by atoms with Gasteiger partial charge in [-0.3, -0.25) is 9.48 Å². The first kappa shape index (κ1) is 11.4. The molecule has 0 saturated heterocycles. The van der Waals surface area contributed by atoms with Gasteiger partial charge in [-0.25, -0.2) is 4.98 Å². The minimum Gasteiger partial charge on any atom is -0.382 e. The lowest BCUT2D eigenvalue weighted by molar-refractivity contribution is 0.103. The van der Waals surface area contributed by atoms with Crippen LogP contribution in [0.2, 0.25) is 0 Å². The maximum atomic E-state index is 11.9. The molecule has 0 unspecified atom stereocenters. The average Bonchev–Trinajstić information content (AvgIpc) is 2.85. The Hall–Kier alpha value is -2.09. The van der Waals surface area contributed by atoms with Crippen LogP contribution in [0.25, 0.3) is 0 Å². The minimum atomic E-state index is -0.283. The second-order valence-electron chi connectivity index (χ2n) is 3.34. The number of rotatable bonds is 3. The first-order valence-electron chi connectivity index (χ1n) is 4.84. The fourth-order valence-electron chi connectivity index (χ4n) is 1.28. The van der Waals surface area contributed by atoms with E-state index in [4.69, 9.17) is 5.73 Å². The van der Waals surface area contributed by atoms with Gasteiger partial charge in [0.1, 0.15) is 10.7 Å². The van der Waals surface area contributed by atoms with E-state index in [2.05, 4.69) is 20.7 Å². The molecule has 0 fully saturated rings. The van der Waals surface area contributed by atoms with Gasteiger partial charge < -0.3 is 16.4 Å². The highest BCUT2D eigenvalue weighted by atomic mass is 32.1. The van der Waals surface area contributed by atoms with E-state index in [1.165, 1.54) is 11.3 Å². The SMILES string of the molecule is CNc1nc(N)c(C(=O)Nc2cnn(C)c2)s1. The van der Waals surface area contributed by atoms with Crippen LogP contribution in [0.15, 0.2) is 12.4 Å². The molecule has 0 aliphatic heterocycles. The third kappa shape index (κ3) is 2.36. The van der Waals surface area contributed by atoms with E-state index in [0.29, 0.717) is 15.7 Å². The van der Waals surface area contributed by atoms with Gasteiger partial charge in [-0.2, -0.15) is 5.10 Å². The van der Waals surface area contributed by atoms with Crippen LogP contribution in [0.4, 0.5) is 16.6 Å². The van der Waals surface area contributed by atoms with Crippen molar-refractivity contribution in [1.29, 1.82) is 0 Å². The fraction of sp³-hybridized carbons (Fsp3) is 0.222. The molecule has 2 aromatic rings. The molecule has 0 saturated carbocycles. The molecule has 90 valence electrons. The molecular formula is C9H12N6OS. The lowest BCUT2D eigenvalue weighted by atomic mass is 10.4. The zero-order valence-electron chi connectivity index (χ0n) is 9.39. The normalized spacial score (nSPS) is 10.2. The Balaban J connectivity index is 2.16. The largest absolute Gasteiger partial charge is 0.382 e. The summed E-state index contributed by atoms with van der Waals surface area (Å²) in [6, 6.07) is 0. The number of nitrogens with two attached hydrogens (primary N) is 1. The molecule has 0 aliphatic rings. The Morgan fingerprint density at radius 1 is 1.59 bits per heavy atom. The number of anilines is 3. The minimum absolute atomic E-state index is 0.223. The van der Waals surface area contributed by atoms with Crippen LogP contribution >= 0.6 is 11.3 Å². The zero-order valence-corrected chi connectivity index (χ0v) is 10.2. The second kappa shape index (κ2) is 4.42. The highest BCUT2D eigenvalue weighted by Crippen LogP contribution is 2.25. The van der Waals surface area contributed by atoms with Crippen molar-refractivity contribution in [2.24, 2.45) is 7.05 Å². The predicted molar refractivity (Wildman–Crippen MR) is 67.2 cm³/mol. The summed E-state index contributed by atoms with van der Waals surface area (Å²) in [6.45, 7) is 0. The molecule has 8 heteroatoms. The van der Waals surface area contributed by atoms with Gasteiger partial charge in [0.05, 0.1) is 11.9 Å². The van der Waals surface area contributed by atoms with Crippen molar-refractivity contribution in [3.05, 3.63) is 17.3 Å². The van der Waals surface area contributed by atoms with Crippen LogP contribution in [0, 0.1) is 0 Å². The van der Waals surface area contributed by atoms with Gasteiger partial charge in [-0.05, 0) is 0 Å². The number of aryl methyl sites for hydroxylation is 1. The van der Waals surface area contributed by atoms with Gasteiger partial charge in [0.15, 0.2) is 5.13 Å². The number of aromatic nitrogens is 3. The summed E-state index contributed by atoms with van der Waals surface area (Å²) in [7, 11) is 3.50. The number of hydrogen-bond donors (Lipinski definition) is 3. The van der Waals surface area contributed by atoms with Crippen LogP contribution in [0.1, 0.15) is 9.67 Å². The van der Waals surface area contributed by atoms with E-state index in [0.717, 1.165) is 0 Å². The van der Waals surface area contributed by atoms with Crippen molar-refractivity contribution in [2.45, 2.75) is 0 Å². The Bertz CT molecular complexity index is 545. The molecule has 2 heterocycles. The molecule has 0 aromatic carbocycles. The third-order valence-corrected chi connectivity index (χ3v) is 3.12. The summed E-state index contributed by atoms with van der Waals surface area (Å²) in [5, 5.41) is 10.1. The number of carbonyl (C=O) groups is 1. The van der Waals surface area contributed by atoms with Gasteiger partial charge in [-0.1, -0.05) is 11.3 Å². The topological polar surface area (TPSA) is 97.9 Å². The lowest BCUT2D eigenvalue weighted by Crippen LogP contribution is -2.11. The highest BCUT2D eigenvalue weighted by molar-refractivity contribution is 7.18. The number of thiazole rings is 1. The van der Waals surface area contributed by atoms with E-state index < -0.39 is 0 Å². The lowest BCUT2D eigenvalue weighted by Gasteiger charge is -1.99. The first-order chi connectivity index (χ1) is 8.10. The molecule has 4 N–H and O–H groups in total. The summed E-state index contributed by atoms with van der Waals surface area (Å²) >= 11 is 1.21. The molecule has 0 atom stereocenters. The van der Waals surface area contributed by atoms with Crippen molar-refractivity contribution >= 4 is 33.9 Å². The summed E-state index contributed by atoms with van der Waals surface area (Å²) in [6.07, 6.45) is 3.27. The smallest absolute Gasteiger partial charge is 0.269 e.